The van der Waals surface area contributed by atoms with Crippen molar-refractivity contribution in [3.05, 3.63) is 0 Å². The molecule has 0 N–H and O–H groups in total. The van der Waals surface area contributed by atoms with Gasteiger partial charge < -0.3 is 9.64 Å². The Morgan fingerprint density at radius 1 is 1.60 bits per heavy atom. The molecule has 0 aromatic rings. The first-order valence-corrected chi connectivity index (χ1v) is 6.12. The Balaban J connectivity index is 2.53. The molecule has 0 aliphatic carbocycles. The number of carbonyl (C=O) groups is 1. The van der Waals surface area contributed by atoms with Crippen molar-refractivity contribution in [2.75, 3.05) is 19.8 Å². The summed E-state index contributed by atoms with van der Waals surface area (Å²) in [6, 6.07) is 0.229. The SMILES string of the molecule is CCOC[C@@H]1CCCCN1C(=O)[C@@H](C)Cl. The summed E-state index contributed by atoms with van der Waals surface area (Å²) in [7, 11) is 0. The smallest absolute Gasteiger partial charge is 0.240 e. The standard InChI is InChI=1S/C11H20ClNO2/c1-3-15-8-10-6-4-5-7-13(10)11(14)9(2)12/h9-10H,3-8H2,1-2H3/t9-,10+/m1/s1. The first kappa shape index (κ1) is 12.8. The van der Waals surface area contributed by atoms with E-state index in [0.717, 1.165) is 19.4 Å². The summed E-state index contributed by atoms with van der Waals surface area (Å²) in [5.74, 6) is 0.0427. The van der Waals surface area contributed by atoms with E-state index >= 15 is 0 Å². The molecule has 15 heavy (non-hydrogen) atoms. The molecule has 3 nitrogen and oxygen atoms in total. The molecule has 2 atom stereocenters. The molecule has 1 aliphatic heterocycles. The van der Waals surface area contributed by atoms with Crippen LogP contribution in [0.1, 0.15) is 33.1 Å². The molecule has 0 unspecified atom stereocenters. The number of ether oxygens (including phenoxy) is 1. The third-order valence-corrected chi connectivity index (χ3v) is 2.95. The van der Waals surface area contributed by atoms with Gasteiger partial charge in [0, 0.05) is 13.2 Å². The lowest BCUT2D eigenvalue weighted by Gasteiger charge is -2.36. The largest absolute Gasteiger partial charge is 0.380 e. The minimum absolute atomic E-state index is 0.0427. The Bertz CT molecular complexity index is 209. The number of amides is 1. The fourth-order valence-corrected chi connectivity index (χ4v) is 2.07. The molecule has 0 aromatic heterocycles. The van der Waals surface area contributed by atoms with Crippen LogP contribution in [-0.2, 0) is 9.53 Å². The molecule has 1 aliphatic rings. The van der Waals surface area contributed by atoms with Crippen LogP contribution in [0.5, 0.6) is 0 Å². The summed E-state index contributed by atoms with van der Waals surface area (Å²) < 4.78 is 5.40. The van der Waals surface area contributed by atoms with Gasteiger partial charge in [-0.2, -0.15) is 0 Å². The zero-order valence-electron chi connectivity index (χ0n) is 9.54. The molecule has 1 amide bonds. The van der Waals surface area contributed by atoms with Crippen molar-refractivity contribution in [2.24, 2.45) is 0 Å². The second-order valence-electron chi connectivity index (χ2n) is 3.96. The lowest BCUT2D eigenvalue weighted by atomic mass is 10.0. The summed E-state index contributed by atoms with van der Waals surface area (Å²) in [6.45, 7) is 5.88. The summed E-state index contributed by atoms with van der Waals surface area (Å²) in [6.07, 6.45) is 3.30. The molecule has 0 aromatic carbocycles. The number of carbonyl (C=O) groups excluding carboxylic acids is 1. The molecule has 0 saturated carbocycles. The van der Waals surface area contributed by atoms with E-state index < -0.39 is 5.38 Å². The Morgan fingerprint density at radius 3 is 2.93 bits per heavy atom. The normalized spacial score (nSPS) is 23.9. The molecule has 4 heteroatoms. The zero-order chi connectivity index (χ0) is 11.3. The highest BCUT2D eigenvalue weighted by atomic mass is 35.5. The fraction of sp³-hybridized carbons (Fsp3) is 0.909. The quantitative estimate of drug-likeness (QED) is 0.696. The van der Waals surface area contributed by atoms with Gasteiger partial charge in [0.05, 0.1) is 12.6 Å². The Morgan fingerprint density at radius 2 is 2.33 bits per heavy atom. The van der Waals surface area contributed by atoms with Gasteiger partial charge in [-0.25, -0.2) is 0 Å². The van der Waals surface area contributed by atoms with Crippen LogP contribution in [0, 0.1) is 0 Å². The van der Waals surface area contributed by atoms with Gasteiger partial charge in [-0.3, -0.25) is 4.79 Å². The average Bonchev–Trinajstić information content (AvgIpc) is 2.25. The molecular formula is C11H20ClNO2. The predicted molar refractivity (Wildman–Crippen MR) is 61.2 cm³/mol. The monoisotopic (exact) mass is 233 g/mol. The number of nitrogens with zero attached hydrogens (tertiary/aromatic N) is 1. The zero-order valence-corrected chi connectivity index (χ0v) is 10.3. The third-order valence-electron chi connectivity index (χ3n) is 2.76. The first-order valence-electron chi connectivity index (χ1n) is 5.69. The van der Waals surface area contributed by atoms with Gasteiger partial charge in [-0.1, -0.05) is 0 Å². The van der Waals surface area contributed by atoms with Crippen molar-refractivity contribution in [1.82, 2.24) is 4.90 Å². The maximum Gasteiger partial charge on any atom is 0.240 e. The lowest BCUT2D eigenvalue weighted by molar-refractivity contribution is -0.135. The van der Waals surface area contributed by atoms with Crippen molar-refractivity contribution < 1.29 is 9.53 Å². The predicted octanol–water partition coefficient (Wildman–Crippen LogP) is 2.03. The van der Waals surface area contributed by atoms with Crippen molar-refractivity contribution in [1.29, 1.82) is 0 Å². The van der Waals surface area contributed by atoms with Gasteiger partial charge in [0.15, 0.2) is 0 Å². The topological polar surface area (TPSA) is 29.5 Å². The van der Waals surface area contributed by atoms with Crippen LogP contribution in [0.4, 0.5) is 0 Å². The van der Waals surface area contributed by atoms with E-state index in [0.29, 0.717) is 13.2 Å². The van der Waals surface area contributed by atoms with E-state index in [2.05, 4.69) is 0 Å². The van der Waals surface area contributed by atoms with E-state index in [1.54, 1.807) is 6.92 Å². The molecule has 0 bridgehead atoms. The minimum atomic E-state index is -0.424. The summed E-state index contributed by atoms with van der Waals surface area (Å²) in [5.41, 5.74) is 0. The average molecular weight is 234 g/mol. The maximum atomic E-state index is 11.8. The second-order valence-corrected chi connectivity index (χ2v) is 4.61. The van der Waals surface area contributed by atoms with Crippen molar-refractivity contribution >= 4 is 17.5 Å². The van der Waals surface area contributed by atoms with Crippen molar-refractivity contribution in [2.45, 2.75) is 44.5 Å². The highest BCUT2D eigenvalue weighted by Crippen LogP contribution is 2.19. The van der Waals surface area contributed by atoms with Gasteiger partial charge in [0.1, 0.15) is 5.38 Å². The van der Waals surface area contributed by atoms with Crippen LogP contribution in [-0.4, -0.2) is 42.0 Å². The van der Waals surface area contributed by atoms with Gasteiger partial charge in [0.25, 0.3) is 0 Å². The molecule has 0 radical (unpaired) electrons. The Labute approximate surface area is 96.7 Å². The summed E-state index contributed by atoms with van der Waals surface area (Å²) >= 11 is 5.83. The van der Waals surface area contributed by atoms with Crippen LogP contribution in [0.25, 0.3) is 0 Å². The second kappa shape index (κ2) is 6.33. The summed E-state index contributed by atoms with van der Waals surface area (Å²) in [5, 5.41) is -0.424. The van der Waals surface area contributed by atoms with Crippen LogP contribution in [0.3, 0.4) is 0 Å². The van der Waals surface area contributed by atoms with E-state index in [4.69, 9.17) is 16.3 Å². The van der Waals surface area contributed by atoms with Gasteiger partial charge in [-0.05, 0) is 33.1 Å². The highest BCUT2D eigenvalue weighted by Gasteiger charge is 2.28. The van der Waals surface area contributed by atoms with E-state index in [1.807, 2.05) is 11.8 Å². The van der Waals surface area contributed by atoms with E-state index in [1.165, 1.54) is 6.42 Å². The molecular weight excluding hydrogens is 214 g/mol. The maximum absolute atomic E-state index is 11.8. The first-order chi connectivity index (χ1) is 7.16. The molecule has 0 spiro atoms. The van der Waals surface area contributed by atoms with E-state index in [-0.39, 0.29) is 11.9 Å². The number of rotatable bonds is 4. The Hall–Kier alpha value is -0.280. The molecule has 88 valence electrons. The molecule has 1 saturated heterocycles. The van der Waals surface area contributed by atoms with E-state index in [9.17, 15) is 4.79 Å². The Kier molecular flexibility index (Phi) is 5.40. The minimum Gasteiger partial charge on any atom is -0.380 e. The lowest BCUT2D eigenvalue weighted by Crippen LogP contribution is -2.48. The van der Waals surface area contributed by atoms with Crippen LogP contribution in [0.2, 0.25) is 0 Å². The third kappa shape index (κ3) is 3.65. The van der Waals surface area contributed by atoms with Gasteiger partial charge in [0.2, 0.25) is 5.91 Å². The van der Waals surface area contributed by atoms with Crippen LogP contribution >= 0.6 is 11.6 Å². The number of piperidine rings is 1. The number of alkyl halides is 1. The van der Waals surface area contributed by atoms with Crippen molar-refractivity contribution in [3.8, 4) is 0 Å². The highest BCUT2D eigenvalue weighted by molar-refractivity contribution is 6.30. The van der Waals surface area contributed by atoms with Crippen LogP contribution in [0.15, 0.2) is 0 Å². The van der Waals surface area contributed by atoms with Crippen molar-refractivity contribution in [3.63, 3.8) is 0 Å². The van der Waals surface area contributed by atoms with Gasteiger partial charge >= 0.3 is 0 Å². The summed E-state index contributed by atoms with van der Waals surface area (Å²) in [4.78, 5) is 13.7. The fourth-order valence-electron chi connectivity index (χ4n) is 1.95. The number of likely N-dealkylation sites (tertiary alicyclic amines) is 1. The number of hydrogen-bond acceptors (Lipinski definition) is 2. The number of halogens is 1. The molecule has 1 heterocycles. The molecule has 1 rings (SSSR count). The van der Waals surface area contributed by atoms with Crippen LogP contribution < -0.4 is 0 Å². The number of hydrogen-bond donors (Lipinski definition) is 0. The molecule has 1 fully saturated rings. The van der Waals surface area contributed by atoms with Gasteiger partial charge in [-0.15, -0.1) is 11.6 Å².